The Hall–Kier alpha value is -3.75. The first-order chi connectivity index (χ1) is 12.9. The number of anilines is 1. The summed E-state index contributed by atoms with van der Waals surface area (Å²) in [6.07, 6.45) is 3.05. The number of carbonyl (C=O) groups excluding carboxylic acids is 1. The maximum atomic E-state index is 12.1. The number of amides is 1. The third-order valence-electron chi connectivity index (χ3n) is 3.94. The minimum Gasteiger partial charge on any atom is -0.378 e. The van der Waals surface area contributed by atoms with Crippen molar-refractivity contribution in [2.45, 2.75) is 6.54 Å². The molecule has 0 spiro atoms. The largest absolute Gasteiger partial charge is 0.378 e. The molecule has 0 aliphatic carbocycles. The van der Waals surface area contributed by atoms with E-state index < -0.39 is 4.92 Å². The number of aromatic nitrogens is 2. The van der Waals surface area contributed by atoms with Crippen molar-refractivity contribution >= 4 is 34.4 Å². The van der Waals surface area contributed by atoms with Crippen LogP contribution in [-0.4, -0.2) is 40.9 Å². The van der Waals surface area contributed by atoms with Crippen LogP contribution in [0.5, 0.6) is 0 Å². The van der Waals surface area contributed by atoms with Crippen LogP contribution in [-0.2, 0) is 11.3 Å². The van der Waals surface area contributed by atoms with Crippen molar-refractivity contribution in [3.63, 3.8) is 0 Å². The van der Waals surface area contributed by atoms with Crippen molar-refractivity contribution in [2.75, 3.05) is 19.0 Å². The van der Waals surface area contributed by atoms with E-state index in [0.29, 0.717) is 10.9 Å². The predicted molar refractivity (Wildman–Crippen MR) is 103 cm³/mol. The zero-order chi connectivity index (χ0) is 19.4. The van der Waals surface area contributed by atoms with Crippen LogP contribution in [0.25, 0.3) is 10.9 Å². The van der Waals surface area contributed by atoms with Gasteiger partial charge in [0, 0.05) is 37.3 Å². The lowest BCUT2D eigenvalue weighted by Crippen LogP contribution is -2.23. The van der Waals surface area contributed by atoms with E-state index in [1.54, 1.807) is 12.3 Å². The Kier molecular flexibility index (Phi) is 5.11. The molecule has 1 amide bonds. The molecule has 1 aromatic heterocycles. The third kappa shape index (κ3) is 4.27. The fraction of sp³-hybridized carbons (Fsp3) is 0.167. The van der Waals surface area contributed by atoms with Gasteiger partial charge in [-0.05, 0) is 23.8 Å². The molecule has 0 saturated heterocycles. The first kappa shape index (κ1) is 18.1. The number of benzene rings is 2. The van der Waals surface area contributed by atoms with E-state index in [1.165, 1.54) is 23.0 Å². The number of non-ortho nitro benzene ring substituents is 1. The Balaban J connectivity index is 1.62. The van der Waals surface area contributed by atoms with Gasteiger partial charge in [0.1, 0.15) is 6.54 Å². The summed E-state index contributed by atoms with van der Waals surface area (Å²) >= 11 is 0. The summed E-state index contributed by atoms with van der Waals surface area (Å²) in [5.74, 6) is -0.348. The van der Waals surface area contributed by atoms with Gasteiger partial charge in [-0.2, -0.15) is 10.2 Å². The lowest BCUT2D eigenvalue weighted by atomic mass is 10.2. The molecule has 0 unspecified atom stereocenters. The van der Waals surface area contributed by atoms with Gasteiger partial charge in [0.25, 0.3) is 11.6 Å². The maximum absolute atomic E-state index is 12.1. The fourth-order valence-corrected chi connectivity index (χ4v) is 2.52. The summed E-state index contributed by atoms with van der Waals surface area (Å²) < 4.78 is 1.47. The molecule has 0 aliphatic rings. The van der Waals surface area contributed by atoms with E-state index in [2.05, 4.69) is 15.6 Å². The topological polar surface area (TPSA) is 106 Å². The summed E-state index contributed by atoms with van der Waals surface area (Å²) in [5.41, 5.74) is 5.00. The normalized spacial score (nSPS) is 11.0. The lowest BCUT2D eigenvalue weighted by Gasteiger charge is -2.11. The molecule has 1 N–H and O–H groups in total. The van der Waals surface area contributed by atoms with Crippen molar-refractivity contribution in [3.8, 4) is 0 Å². The molecule has 138 valence electrons. The molecule has 3 rings (SSSR count). The number of fused-ring (bicyclic) bond motifs is 1. The number of rotatable bonds is 6. The SMILES string of the molecule is CN(C)c1ccc(/C=N/NC(=O)Cn2ncc3cc([N+](=O)[O-])ccc32)cc1. The Morgan fingerprint density at radius 1 is 1.30 bits per heavy atom. The lowest BCUT2D eigenvalue weighted by molar-refractivity contribution is -0.384. The molecule has 0 saturated carbocycles. The molecule has 2 aromatic carbocycles. The number of hydrazone groups is 1. The summed E-state index contributed by atoms with van der Waals surface area (Å²) in [7, 11) is 3.92. The van der Waals surface area contributed by atoms with Crippen LogP contribution in [0.2, 0.25) is 0 Å². The molecule has 3 aromatic rings. The van der Waals surface area contributed by atoms with Crippen LogP contribution in [0.1, 0.15) is 5.56 Å². The number of carbonyl (C=O) groups is 1. The van der Waals surface area contributed by atoms with Crippen molar-refractivity contribution in [1.82, 2.24) is 15.2 Å². The van der Waals surface area contributed by atoms with Gasteiger partial charge in [0.15, 0.2) is 0 Å². The van der Waals surface area contributed by atoms with E-state index in [9.17, 15) is 14.9 Å². The van der Waals surface area contributed by atoms with Crippen LogP contribution in [0.3, 0.4) is 0 Å². The van der Waals surface area contributed by atoms with Crippen molar-refractivity contribution < 1.29 is 9.72 Å². The maximum Gasteiger partial charge on any atom is 0.270 e. The van der Waals surface area contributed by atoms with Crippen molar-refractivity contribution in [2.24, 2.45) is 5.10 Å². The number of nitrogens with one attached hydrogen (secondary N) is 1. The second-order valence-electron chi connectivity index (χ2n) is 6.08. The molecule has 9 nitrogen and oxygen atoms in total. The van der Waals surface area contributed by atoms with Gasteiger partial charge >= 0.3 is 0 Å². The van der Waals surface area contributed by atoms with Crippen LogP contribution in [0, 0.1) is 10.1 Å². The quantitative estimate of drug-likeness (QED) is 0.409. The third-order valence-corrected chi connectivity index (χ3v) is 3.94. The van der Waals surface area contributed by atoms with Crippen LogP contribution < -0.4 is 10.3 Å². The molecule has 9 heteroatoms. The number of nitro benzene ring substituents is 1. The first-order valence-electron chi connectivity index (χ1n) is 8.13. The molecule has 0 bridgehead atoms. The van der Waals surface area contributed by atoms with E-state index in [0.717, 1.165) is 11.3 Å². The van der Waals surface area contributed by atoms with Crippen molar-refractivity contribution in [3.05, 3.63) is 64.3 Å². The molecule has 0 radical (unpaired) electrons. The molecular weight excluding hydrogens is 348 g/mol. The Labute approximate surface area is 155 Å². The van der Waals surface area contributed by atoms with Crippen LogP contribution in [0.15, 0.2) is 53.8 Å². The smallest absolute Gasteiger partial charge is 0.270 e. The standard InChI is InChI=1S/C18H18N6O3/c1-22(2)15-5-3-13(4-6-15)10-19-21-18(25)12-23-17-8-7-16(24(26)27)9-14(17)11-20-23/h3-11H,12H2,1-2H3,(H,21,25)/b19-10+. The molecule has 0 aliphatic heterocycles. The Bertz CT molecular complexity index is 1010. The van der Waals surface area contributed by atoms with Gasteiger partial charge in [-0.25, -0.2) is 5.43 Å². The second-order valence-corrected chi connectivity index (χ2v) is 6.08. The predicted octanol–water partition coefficient (Wildman–Crippen LogP) is 2.16. The Morgan fingerprint density at radius 2 is 2.04 bits per heavy atom. The van der Waals surface area contributed by atoms with E-state index in [1.807, 2.05) is 43.3 Å². The Morgan fingerprint density at radius 3 is 2.70 bits per heavy atom. The summed E-state index contributed by atoms with van der Waals surface area (Å²) in [4.78, 5) is 24.4. The number of hydrogen-bond acceptors (Lipinski definition) is 6. The average Bonchev–Trinajstić information content (AvgIpc) is 3.04. The highest BCUT2D eigenvalue weighted by Gasteiger charge is 2.11. The first-order valence-corrected chi connectivity index (χ1v) is 8.13. The number of nitrogens with zero attached hydrogens (tertiary/aromatic N) is 5. The van der Waals surface area contributed by atoms with Gasteiger partial charge in [0.05, 0.1) is 22.9 Å². The van der Waals surface area contributed by atoms with Crippen LogP contribution in [0.4, 0.5) is 11.4 Å². The van der Waals surface area contributed by atoms with Crippen molar-refractivity contribution in [1.29, 1.82) is 0 Å². The van der Waals surface area contributed by atoms with Crippen LogP contribution >= 0.6 is 0 Å². The molecule has 0 fully saturated rings. The molecule has 1 heterocycles. The number of nitro groups is 1. The highest BCUT2D eigenvalue weighted by molar-refractivity contribution is 5.85. The average molecular weight is 366 g/mol. The van der Waals surface area contributed by atoms with Gasteiger partial charge in [-0.3, -0.25) is 19.6 Å². The summed E-state index contributed by atoms with van der Waals surface area (Å²) in [6.45, 7) is -0.0434. The molecule has 0 atom stereocenters. The molecular formula is C18H18N6O3. The van der Waals surface area contributed by atoms with Gasteiger partial charge in [-0.1, -0.05) is 12.1 Å². The minimum atomic E-state index is -0.469. The van der Waals surface area contributed by atoms with Gasteiger partial charge in [0.2, 0.25) is 0 Å². The highest BCUT2D eigenvalue weighted by atomic mass is 16.6. The summed E-state index contributed by atoms with van der Waals surface area (Å²) in [5, 5.41) is 19.5. The fourth-order valence-electron chi connectivity index (χ4n) is 2.52. The molecule has 27 heavy (non-hydrogen) atoms. The minimum absolute atomic E-state index is 0.0172. The second kappa shape index (κ2) is 7.65. The zero-order valence-electron chi connectivity index (χ0n) is 14.9. The van der Waals surface area contributed by atoms with E-state index in [-0.39, 0.29) is 18.1 Å². The van der Waals surface area contributed by atoms with E-state index in [4.69, 9.17) is 0 Å². The van der Waals surface area contributed by atoms with E-state index >= 15 is 0 Å². The van der Waals surface area contributed by atoms with Gasteiger partial charge < -0.3 is 4.90 Å². The highest BCUT2D eigenvalue weighted by Crippen LogP contribution is 2.20. The summed E-state index contributed by atoms with van der Waals surface area (Å²) in [6, 6.07) is 12.1. The van der Waals surface area contributed by atoms with Gasteiger partial charge in [-0.15, -0.1) is 0 Å². The zero-order valence-corrected chi connectivity index (χ0v) is 14.9. The number of hydrogen-bond donors (Lipinski definition) is 1. The monoisotopic (exact) mass is 366 g/mol.